The zero-order valence-corrected chi connectivity index (χ0v) is 21.1. The van der Waals surface area contributed by atoms with Gasteiger partial charge in [-0.15, -0.1) is 0 Å². The fraction of sp³-hybridized carbons (Fsp3) is 0.385. The fourth-order valence-corrected chi connectivity index (χ4v) is 4.67. The van der Waals surface area contributed by atoms with Crippen LogP contribution in [0.1, 0.15) is 41.4 Å². The molecule has 1 aromatic carbocycles. The molecule has 3 heterocycles. The molecule has 1 atom stereocenters. The van der Waals surface area contributed by atoms with Gasteiger partial charge in [0.15, 0.2) is 0 Å². The number of benzene rings is 1. The highest BCUT2D eigenvalue weighted by Gasteiger charge is 2.27. The van der Waals surface area contributed by atoms with E-state index >= 15 is 0 Å². The Kier molecular flexibility index (Phi) is 7.83. The van der Waals surface area contributed by atoms with Crippen LogP contribution >= 0.6 is 11.6 Å². The molecule has 8 nitrogen and oxygen atoms in total. The molecule has 1 aliphatic heterocycles. The number of likely N-dealkylation sites (tertiary alicyclic amines) is 1. The van der Waals surface area contributed by atoms with Crippen molar-refractivity contribution in [3.8, 4) is 0 Å². The molecule has 3 aromatic rings. The Morgan fingerprint density at radius 2 is 2.09 bits per heavy atom. The lowest BCUT2D eigenvalue weighted by atomic mass is 10.1. The van der Waals surface area contributed by atoms with E-state index in [0.717, 1.165) is 30.5 Å². The van der Waals surface area contributed by atoms with Crippen molar-refractivity contribution < 1.29 is 9.59 Å². The van der Waals surface area contributed by atoms with Crippen LogP contribution in [0.3, 0.4) is 0 Å². The van der Waals surface area contributed by atoms with Gasteiger partial charge < -0.3 is 14.4 Å². The number of amides is 2. The number of nitrogens with zero attached hydrogens (tertiary/aromatic N) is 5. The molecule has 35 heavy (non-hydrogen) atoms. The van der Waals surface area contributed by atoms with Crippen molar-refractivity contribution in [1.82, 2.24) is 24.3 Å². The predicted octanol–water partition coefficient (Wildman–Crippen LogP) is 4.32. The minimum Gasteiger partial charge on any atom is -0.337 e. The van der Waals surface area contributed by atoms with Crippen LogP contribution in [0.25, 0.3) is 11.0 Å². The number of rotatable bonds is 6. The van der Waals surface area contributed by atoms with Crippen molar-refractivity contribution in [3.63, 3.8) is 0 Å². The van der Waals surface area contributed by atoms with Crippen LogP contribution in [-0.4, -0.2) is 69.9 Å². The average molecular weight is 495 g/mol. The summed E-state index contributed by atoms with van der Waals surface area (Å²) >= 11 is 6.63. The van der Waals surface area contributed by atoms with E-state index in [9.17, 15) is 9.59 Å². The molecule has 1 N–H and O–H groups in total. The van der Waals surface area contributed by atoms with E-state index in [4.69, 9.17) is 16.6 Å². The molecule has 1 aliphatic rings. The standard InChI is InChI=1S/C26H31ClN6O2/c1-18-16-19(12-13-28-18)25(35)30-26-29-22-10-6-9-21(27)24(22)33(26)20-8-4-5-15-32(17-20)23(34)11-7-14-31(2)3/h6-7,9-13,16,20H,4-5,8,14-15,17H2,1-3H3,(H,29,30,35)/b11-7+/t20-/m0/s1. The Morgan fingerprint density at radius 3 is 2.86 bits per heavy atom. The molecule has 2 amide bonds. The molecule has 0 unspecified atom stereocenters. The first-order chi connectivity index (χ1) is 16.8. The van der Waals surface area contributed by atoms with Gasteiger partial charge in [-0.1, -0.05) is 23.7 Å². The third kappa shape index (κ3) is 5.89. The van der Waals surface area contributed by atoms with Crippen molar-refractivity contribution in [2.45, 2.75) is 32.2 Å². The molecular weight excluding hydrogens is 464 g/mol. The maximum absolute atomic E-state index is 13.1. The van der Waals surface area contributed by atoms with Crippen LogP contribution in [0.5, 0.6) is 0 Å². The first-order valence-electron chi connectivity index (χ1n) is 11.8. The van der Waals surface area contributed by atoms with Gasteiger partial charge in [-0.3, -0.25) is 19.9 Å². The van der Waals surface area contributed by atoms with Crippen molar-refractivity contribution in [1.29, 1.82) is 0 Å². The number of hydrogen-bond acceptors (Lipinski definition) is 5. The number of carbonyl (C=O) groups excluding carboxylic acids is 2. The number of likely N-dealkylation sites (N-methyl/N-ethyl adjacent to an activating group) is 1. The van der Waals surface area contributed by atoms with Crippen LogP contribution in [0.2, 0.25) is 5.02 Å². The largest absolute Gasteiger partial charge is 0.337 e. The van der Waals surface area contributed by atoms with Crippen LogP contribution < -0.4 is 5.32 Å². The third-order valence-electron chi connectivity index (χ3n) is 6.10. The van der Waals surface area contributed by atoms with E-state index < -0.39 is 0 Å². The summed E-state index contributed by atoms with van der Waals surface area (Å²) in [7, 11) is 3.93. The SMILES string of the molecule is Cc1cc(C(=O)Nc2nc3cccc(Cl)c3n2[C@H]2CCCCN(C(=O)/C=C/CN(C)C)C2)ccn1. The lowest BCUT2D eigenvalue weighted by Crippen LogP contribution is -2.34. The van der Waals surface area contributed by atoms with Crippen molar-refractivity contribution >= 4 is 40.4 Å². The summed E-state index contributed by atoms with van der Waals surface area (Å²) in [6.07, 6.45) is 7.87. The van der Waals surface area contributed by atoms with Gasteiger partial charge in [0.05, 0.1) is 22.1 Å². The van der Waals surface area contributed by atoms with Gasteiger partial charge in [-0.25, -0.2) is 4.98 Å². The minimum absolute atomic E-state index is 0.00730. The molecular formula is C26H31ClN6O2. The molecule has 2 aromatic heterocycles. The molecule has 0 spiro atoms. The number of carbonyl (C=O) groups is 2. The molecule has 4 rings (SSSR count). The minimum atomic E-state index is -0.267. The van der Waals surface area contributed by atoms with Gasteiger partial charge in [0, 0.05) is 43.2 Å². The highest BCUT2D eigenvalue weighted by molar-refractivity contribution is 6.35. The summed E-state index contributed by atoms with van der Waals surface area (Å²) in [5.41, 5.74) is 2.73. The number of para-hydroxylation sites is 1. The Bertz CT molecular complexity index is 1250. The van der Waals surface area contributed by atoms with Crippen molar-refractivity contribution in [2.24, 2.45) is 0 Å². The second-order valence-corrected chi connectivity index (χ2v) is 9.56. The molecule has 1 fully saturated rings. The number of aryl methyl sites for hydroxylation is 1. The number of fused-ring (bicyclic) bond motifs is 1. The van der Waals surface area contributed by atoms with Gasteiger partial charge in [0.2, 0.25) is 11.9 Å². The van der Waals surface area contributed by atoms with Gasteiger partial charge in [0.25, 0.3) is 5.91 Å². The topological polar surface area (TPSA) is 83.4 Å². The highest BCUT2D eigenvalue weighted by Crippen LogP contribution is 2.34. The maximum Gasteiger partial charge on any atom is 0.258 e. The van der Waals surface area contributed by atoms with E-state index in [1.54, 1.807) is 24.4 Å². The Morgan fingerprint density at radius 1 is 1.26 bits per heavy atom. The summed E-state index contributed by atoms with van der Waals surface area (Å²) in [5.74, 6) is 0.151. The molecule has 184 valence electrons. The number of imidazole rings is 1. The number of halogens is 1. The van der Waals surface area contributed by atoms with Gasteiger partial charge in [-0.2, -0.15) is 0 Å². The highest BCUT2D eigenvalue weighted by atomic mass is 35.5. The van der Waals surface area contributed by atoms with Crippen LogP contribution in [0.15, 0.2) is 48.7 Å². The summed E-state index contributed by atoms with van der Waals surface area (Å²) < 4.78 is 2.00. The second-order valence-electron chi connectivity index (χ2n) is 9.15. The lowest BCUT2D eigenvalue weighted by molar-refractivity contribution is -0.126. The third-order valence-corrected chi connectivity index (χ3v) is 6.40. The van der Waals surface area contributed by atoms with Crippen LogP contribution in [0, 0.1) is 6.92 Å². The number of aromatic nitrogens is 3. The summed E-state index contributed by atoms with van der Waals surface area (Å²) in [6.45, 7) is 3.75. The van der Waals surface area contributed by atoms with E-state index in [2.05, 4.69) is 10.3 Å². The van der Waals surface area contributed by atoms with Crippen molar-refractivity contribution in [3.05, 3.63) is 65.0 Å². The fourth-order valence-electron chi connectivity index (χ4n) is 4.41. The van der Waals surface area contributed by atoms with E-state index in [1.165, 1.54) is 0 Å². The number of nitrogens with one attached hydrogen (secondary N) is 1. The predicted molar refractivity (Wildman–Crippen MR) is 139 cm³/mol. The van der Waals surface area contributed by atoms with Gasteiger partial charge in [0.1, 0.15) is 0 Å². The molecule has 9 heteroatoms. The Balaban J connectivity index is 1.68. The van der Waals surface area contributed by atoms with E-state index in [1.807, 2.05) is 59.7 Å². The summed E-state index contributed by atoms with van der Waals surface area (Å²) in [4.78, 5) is 38.8. The van der Waals surface area contributed by atoms with Gasteiger partial charge in [-0.05, 0) is 64.5 Å². The Labute approximate surface area is 210 Å². The normalized spacial score (nSPS) is 16.7. The monoisotopic (exact) mass is 494 g/mol. The zero-order valence-electron chi connectivity index (χ0n) is 20.4. The Hall–Kier alpha value is -3.23. The first kappa shape index (κ1) is 24.9. The molecule has 0 aliphatic carbocycles. The number of hydrogen-bond donors (Lipinski definition) is 1. The second kappa shape index (κ2) is 11.0. The summed E-state index contributed by atoms with van der Waals surface area (Å²) in [5, 5.41) is 3.54. The first-order valence-corrected chi connectivity index (χ1v) is 12.2. The molecule has 1 saturated heterocycles. The smallest absolute Gasteiger partial charge is 0.258 e. The summed E-state index contributed by atoms with van der Waals surface area (Å²) in [6, 6.07) is 8.88. The molecule has 0 radical (unpaired) electrons. The maximum atomic E-state index is 13.1. The molecule has 0 saturated carbocycles. The number of pyridine rings is 1. The molecule has 0 bridgehead atoms. The van der Waals surface area contributed by atoms with Crippen molar-refractivity contribution in [2.75, 3.05) is 39.0 Å². The van der Waals surface area contributed by atoms with Crippen LogP contribution in [0.4, 0.5) is 5.95 Å². The zero-order chi connectivity index (χ0) is 24.9. The van der Waals surface area contributed by atoms with Gasteiger partial charge >= 0.3 is 0 Å². The van der Waals surface area contributed by atoms with E-state index in [-0.39, 0.29) is 17.9 Å². The lowest BCUT2D eigenvalue weighted by Gasteiger charge is -2.26. The quantitative estimate of drug-likeness (QED) is 0.516. The van der Waals surface area contributed by atoms with E-state index in [0.29, 0.717) is 41.7 Å². The van der Waals surface area contributed by atoms with Crippen LogP contribution in [-0.2, 0) is 4.79 Å². The average Bonchev–Trinajstić information content (AvgIpc) is 3.01. The number of anilines is 1.